The maximum Gasteiger partial charge on any atom is 0.189 e. The van der Waals surface area contributed by atoms with Crippen molar-refractivity contribution in [2.75, 3.05) is 0 Å². The molecule has 0 aliphatic carbocycles. The van der Waals surface area contributed by atoms with Crippen molar-refractivity contribution in [1.82, 2.24) is 0 Å². The van der Waals surface area contributed by atoms with E-state index in [9.17, 15) is 30.0 Å². The molecule has 8 heteroatoms. The van der Waals surface area contributed by atoms with Crippen LogP contribution in [0.3, 0.4) is 0 Å². The van der Waals surface area contributed by atoms with Crippen molar-refractivity contribution in [2.24, 2.45) is 17.8 Å². The summed E-state index contributed by atoms with van der Waals surface area (Å²) < 4.78 is 11.4. The Bertz CT molecular complexity index is 865. The van der Waals surface area contributed by atoms with Crippen LogP contribution in [-0.4, -0.2) is 62.2 Å². The Kier molecular flexibility index (Phi) is 7.00. The van der Waals surface area contributed by atoms with Crippen molar-refractivity contribution >= 4 is 11.6 Å². The number of phenols is 2. The van der Waals surface area contributed by atoms with Crippen LogP contribution in [0.25, 0.3) is 0 Å². The van der Waals surface area contributed by atoms with Gasteiger partial charge in [-0.05, 0) is 24.8 Å². The van der Waals surface area contributed by atoms with Crippen molar-refractivity contribution in [3.63, 3.8) is 0 Å². The molecule has 3 unspecified atom stereocenters. The topological polar surface area (TPSA) is 137 Å². The van der Waals surface area contributed by atoms with Gasteiger partial charge in [0, 0.05) is 24.3 Å². The lowest BCUT2D eigenvalue weighted by Gasteiger charge is -2.39. The highest BCUT2D eigenvalue weighted by Crippen LogP contribution is 2.50. The fourth-order valence-electron chi connectivity index (χ4n) is 4.70. The summed E-state index contributed by atoms with van der Waals surface area (Å²) in [5.41, 5.74) is -1.29. The number of benzene rings is 1. The van der Waals surface area contributed by atoms with E-state index in [1.54, 1.807) is 13.8 Å². The quantitative estimate of drug-likeness (QED) is 0.351. The number of aromatic hydroxyl groups is 2. The molecule has 2 aliphatic rings. The van der Waals surface area contributed by atoms with E-state index in [0.717, 1.165) is 6.07 Å². The van der Waals surface area contributed by atoms with Crippen LogP contribution in [-0.2, 0) is 9.47 Å². The predicted octanol–water partition coefficient (Wildman–Crippen LogP) is 2.80. The van der Waals surface area contributed by atoms with E-state index in [0.29, 0.717) is 12.8 Å². The first-order chi connectivity index (χ1) is 14.9. The summed E-state index contributed by atoms with van der Waals surface area (Å²) in [6.07, 6.45) is -2.41. The van der Waals surface area contributed by atoms with Crippen LogP contribution in [0.5, 0.6) is 11.5 Å². The summed E-state index contributed by atoms with van der Waals surface area (Å²) in [5.74, 6) is -2.77. The molecule has 6 atom stereocenters. The second kappa shape index (κ2) is 9.09. The predicted molar refractivity (Wildman–Crippen MR) is 116 cm³/mol. The minimum atomic E-state index is -1.38. The van der Waals surface area contributed by atoms with E-state index in [-0.39, 0.29) is 35.4 Å². The molecule has 3 rings (SSSR count). The van der Waals surface area contributed by atoms with Crippen molar-refractivity contribution in [3.05, 3.63) is 23.3 Å². The minimum Gasteiger partial charge on any atom is -0.507 e. The summed E-state index contributed by atoms with van der Waals surface area (Å²) in [4.78, 5) is 26.0. The van der Waals surface area contributed by atoms with E-state index >= 15 is 0 Å². The number of hydrogen-bond donors (Lipinski definition) is 4. The van der Waals surface area contributed by atoms with E-state index in [4.69, 9.17) is 9.47 Å². The molecule has 8 nitrogen and oxygen atoms in total. The molecular formula is C24H34O8. The number of carbonyl (C=O) groups is 2. The lowest BCUT2D eigenvalue weighted by molar-refractivity contribution is -0.239. The number of ether oxygens (including phenoxy) is 2. The normalized spacial score (nSPS) is 30.7. The van der Waals surface area contributed by atoms with Gasteiger partial charge in [-0.3, -0.25) is 9.59 Å². The van der Waals surface area contributed by atoms with Gasteiger partial charge in [-0.15, -0.1) is 0 Å². The van der Waals surface area contributed by atoms with Crippen LogP contribution in [0.1, 0.15) is 74.6 Å². The summed E-state index contributed by atoms with van der Waals surface area (Å²) in [7, 11) is 0. The number of Topliss-reactive ketones (excluding diaryl/α,β-unsaturated/α-hetero) is 2. The van der Waals surface area contributed by atoms with Crippen molar-refractivity contribution in [2.45, 2.75) is 84.1 Å². The van der Waals surface area contributed by atoms with Crippen LogP contribution < -0.4 is 0 Å². The number of aliphatic hydroxyl groups excluding tert-OH is 2. The van der Waals surface area contributed by atoms with Crippen molar-refractivity contribution in [1.29, 1.82) is 0 Å². The molecular weight excluding hydrogens is 416 g/mol. The second-order valence-corrected chi connectivity index (χ2v) is 9.65. The van der Waals surface area contributed by atoms with Gasteiger partial charge in [0.15, 0.2) is 23.5 Å². The first-order valence-electron chi connectivity index (χ1n) is 11.3. The van der Waals surface area contributed by atoms with Gasteiger partial charge in [-0.1, -0.05) is 34.6 Å². The Hall–Kier alpha value is -2.00. The van der Waals surface area contributed by atoms with Gasteiger partial charge < -0.3 is 29.9 Å². The molecule has 0 amide bonds. The number of rotatable bonds is 8. The SMILES string of the molecule is CC[C@@H]1OC12[C@H](O)CC(C(CC(C)C)C(=O)c1cc(C(=O)C(C)C)c(O)cc1O)O[C@H]2O. The largest absolute Gasteiger partial charge is 0.507 e. The number of hydrogen-bond acceptors (Lipinski definition) is 8. The monoisotopic (exact) mass is 450 g/mol. The first kappa shape index (κ1) is 24.6. The van der Waals surface area contributed by atoms with Crippen LogP contribution in [0.15, 0.2) is 12.1 Å². The van der Waals surface area contributed by atoms with Gasteiger partial charge in [-0.25, -0.2) is 0 Å². The fourth-order valence-corrected chi connectivity index (χ4v) is 4.70. The number of ketones is 2. The first-order valence-corrected chi connectivity index (χ1v) is 11.3. The van der Waals surface area contributed by atoms with E-state index in [1.165, 1.54) is 6.07 Å². The molecule has 0 bridgehead atoms. The third kappa shape index (κ3) is 4.29. The average Bonchev–Trinajstić information content (AvgIpc) is 3.45. The van der Waals surface area contributed by atoms with Crippen LogP contribution in [0, 0.1) is 17.8 Å². The Labute approximate surface area is 188 Å². The van der Waals surface area contributed by atoms with E-state index in [1.807, 2.05) is 20.8 Å². The van der Waals surface area contributed by atoms with Gasteiger partial charge in [0.2, 0.25) is 0 Å². The third-order valence-corrected chi connectivity index (χ3v) is 6.51. The molecule has 1 aromatic carbocycles. The third-order valence-electron chi connectivity index (χ3n) is 6.51. The van der Waals surface area contributed by atoms with Gasteiger partial charge in [0.05, 0.1) is 29.4 Å². The highest BCUT2D eigenvalue weighted by molar-refractivity contribution is 6.06. The standard InChI is InChI=1S/C24H34O8/c1-6-20-24(32-20)19(27)10-18(31-23(24)30)15(7-11(2)3)22(29)14-8-13(21(28)12(4)5)16(25)9-17(14)26/h8-9,11-12,15,18-20,23,25-27,30H,6-7,10H2,1-5H3/t15?,18?,19-,20+,23-,24?/m1/s1. The molecule has 178 valence electrons. The molecule has 0 aromatic heterocycles. The van der Waals surface area contributed by atoms with Crippen molar-refractivity contribution in [3.8, 4) is 11.5 Å². The highest BCUT2D eigenvalue weighted by Gasteiger charge is 2.68. The summed E-state index contributed by atoms with van der Waals surface area (Å²) in [6.45, 7) is 9.10. The molecule has 1 spiro atoms. The summed E-state index contributed by atoms with van der Waals surface area (Å²) in [6, 6.07) is 2.22. The maximum atomic E-state index is 13.5. The van der Waals surface area contributed by atoms with Gasteiger partial charge in [-0.2, -0.15) is 0 Å². The van der Waals surface area contributed by atoms with Crippen LogP contribution >= 0.6 is 0 Å². The maximum absolute atomic E-state index is 13.5. The second-order valence-electron chi connectivity index (χ2n) is 9.65. The Morgan fingerprint density at radius 2 is 1.66 bits per heavy atom. The van der Waals surface area contributed by atoms with Crippen LogP contribution in [0.4, 0.5) is 0 Å². The molecule has 32 heavy (non-hydrogen) atoms. The van der Waals surface area contributed by atoms with Crippen LogP contribution in [0.2, 0.25) is 0 Å². The molecule has 1 aromatic rings. The van der Waals surface area contributed by atoms with Gasteiger partial charge >= 0.3 is 0 Å². The zero-order chi connectivity index (χ0) is 24.0. The van der Waals surface area contributed by atoms with E-state index < -0.39 is 53.2 Å². The lowest BCUT2D eigenvalue weighted by Crippen LogP contribution is -2.55. The number of phenolic OH excluding ortho intramolecular Hbond substituents is 2. The Balaban J connectivity index is 1.93. The Morgan fingerprint density at radius 1 is 1.06 bits per heavy atom. The van der Waals surface area contributed by atoms with Gasteiger partial charge in [0.1, 0.15) is 11.5 Å². The summed E-state index contributed by atoms with van der Waals surface area (Å²) >= 11 is 0. The zero-order valence-corrected chi connectivity index (χ0v) is 19.2. The molecule has 2 heterocycles. The zero-order valence-electron chi connectivity index (χ0n) is 19.2. The average molecular weight is 451 g/mol. The minimum absolute atomic E-state index is 0.0369. The number of aliphatic hydroxyl groups is 2. The molecule has 2 aliphatic heterocycles. The lowest BCUT2D eigenvalue weighted by atomic mass is 9.79. The van der Waals surface area contributed by atoms with Gasteiger partial charge in [0.25, 0.3) is 0 Å². The summed E-state index contributed by atoms with van der Waals surface area (Å²) in [5, 5.41) is 41.9. The molecule has 2 fully saturated rings. The van der Waals surface area contributed by atoms with E-state index in [2.05, 4.69) is 0 Å². The molecule has 4 N–H and O–H groups in total. The molecule has 0 saturated carbocycles. The molecule has 2 saturated heterocycles. The fraction of sp³-hybridized carbons (Fsp3) is 0.667. The smallest absolute Gasteiger partial charge is 0.189 e. The number of carbonyl (C=O) groups excluding carboxylic acids is 2. The van der Waals surface area contributed by atoms with Crippen molar-refractivity contribution < 1.29 is 39.5 Å². The highest BCUT2D eigenvalue weighted by atomic mass is 16.7. The Morgan fingerprint density at radius 3 is 2.12 bits per heavy atom. The molecule has 0 radical (unpaired) electrons. The number of epoxide rings is 1.